The first kappa shape index (κ1) is 15.7. The topological polar surface area (TPSA) is 67.6 Å². The summed E-state index contributed by atoms with van der Waals surface area (Å²) < 4.78 is 5.78. The highest BCUT2D eigenvalue weighted by molar-refractivity contribution is 5.80. The monoisotopic (exact) mass is 283 g/mol. The summed E-state index contributed by atoms with van der Waals surface area (Å²) in [6.07, 6.45) is 6.66. The van der Waals surface area contributed by atoms with Crippen LogP contribution in [0.1, 0.15) is 52.4 Å². The summed E-state index contributed by atoms with van der Waals surface area (Å²) in [5.41, 5.74) is 2.68. The lowest BCUT2D eigenvalue weighted by molar-refractivity contribution is -0.132. The van der Waals surface area contributed by atoms with Crippen LogP contribution in [0.4, 0.5) is 0 Å². The van der Waals surface area contributed by atoms with Gasteiger partial charge in [-0.1, -0.05) is 13.8 Å². The second-order valence-electron chi connectivity index (χ2n) is 7.17. The summed E-state index contributed by atoms with van der Waals surface area (Å²) in [6.45, 7) is 5.64. The average Bonchev–Trinajstić information content (AvgIpc) is 2.86. The fourth-order valence-corrected chi connectivity index (χ4v) is 3.42. The van der Waals surface area contributed by atoms with Gasteiger partial charge < -0.3 is 9.64 Å². The van der Waals surface area contributed by atoms with E-state index in [2.05, 4.69) is 31.2 Å². The van der Waals surface area contributed by atoms with E-state index < -0.39 is 0 Å². The van der Waals surface area contributed by atoms with Crippen molar-refractivity contribution in [3.63, 3.8) is 0 Å². The van der Waals surface area contributed by atoms with Crippen LogP contribution in [0.3, 0.4) is 0 Å². The third-order valence-corrected chi connectivity index (χ3v) is 4.97. The van der Waals surface area contributed by atoms with E-state index in [9.17, 15) is 4.79 Å². The van der Waals surface area contributed by atoms with E-state index in [1.807, 2.05) is 0 Å². The normalized spacial score (nSPS) is 30.6. The Bertz CT molecular complexity index is 336. The number of carbonyl (C=O) groups excluding carboxylic acids is 1. The lowest BCUT2D eigenvalue weighted by Gasteiger charge is -2.39. The minimum Gasteiger partial charge on any atom is -0.364 e. The number of nitrogens with one attached hydrogen (secondary N) is 1. The molecule has 1 saturated heterocycles. The number of rotatable bonds is 4. The third kappa shape index (κ3) is 3.93. The molecule has 0 spiro atoms. The molecule has 5 heteroatoms. The molecule has 2 atom stereocenters. The van der Waals surface area contributed by atoms with E-state index in [0.717, 1.165) is 19.4 Å². The van der Waals surface area contributed by atoms with E-state index in [-0.39, 0.29) is 18.1 Å². The molecule has 1 aliphatic carbocycles. The molecule has 116 valence electrons. The highest BCUT2D eigenvalue weighted by Gasteiger charge is 2.33. The van der Waals surface area contributed by atoms with Gasteiger partial charge in [-0.15, -0.1) is 0 Å². The number of likely N-dealkylation sites (N-methyl/N-ethyl adjacent to an activating group) is 1. The average molecular weight is 283 g/mol. The van der Waals surface area contributed by atoms with Crippen LogP contribution in [0.25, 0.3) is 0 Å². The summed E-state index contributed by atoms with van der Waals surface area (Å²) >= 11 is 0. The molecule has 0 aromatic heterocycles. The number of hydrazine groups is 1. The van der Waals surface area contributed by atoms with Crippen molar-refractivity contribution in [2.75, 3.05) is 13.6 Å². The fourth-order valence-electron chi connectivity index (χ4n) is 3.42. The number of ether oxygens (including phenoxy) is 1. The predicted octanol–water partition coefficient (Wildman–Crippen LogP) is 1.42. The van der Waals surface area contributed by atoms with Crippen molar-refractivity contribution in [1.82, 2.24) is 10.3 Å². The Kier molecular flexibility index (Phi) is 5.04. The molecule has 2 unspecified atom stereocenters. The summed E-state index contributed by atoms with van der Waals surface area (Å²) in [6, 6.07) is 0.661. The summed E-state index contributed by atoms with van der Waals surface area (Å²) in [5, 5.41) is 0. The van der Waals surface area contributed by atoms with Crippen molar-refractivity contribution in [3.05, 3.63) is 0 Å². The molecule has 0 aromatic carbocycles. The molecule has 1 amide bonds. The van der Waals surface area contributed by atoms with E-state index in [4.69, 9.17) is 10.6 Å². The van der Waals surface area contributed by atoms with Gasteiger partial charge in [-0.05, 0) is 51.0 Å². The van der Waals surface area contributed by atoms with Crippen molar-refractivity contribution >= 4 is 5.91 Å². The Morgan fingerprint density at radius 2 is 1.95 bits per heavy atom. The van der Waals surface area contributed by atoms with Crippen LogP contribution in [0.2, 0.25) is 0 Å². The molecular formula is C15H29N3O2. The van der Waals surface area contributed by atoms with Crippen molar-refractivity contribution in [2.24, 2.45) is 11.3 Å². The summed E-state index contributed by atoms with van der Waals surface area (Å²) in [5.74, 6) is 4.95. The van der Waals surface area contributed by atoms with Crippen LogP contribution >= 0.6 is 0 Å². The Hall–Kier alpha value is -0.650. The second kappa shape index (κ2) is 6.41. The number of carbonyl (C=O) groups is 1. The van der Waals surface area contributed by atoms with Gasteiger partial charge >= 0.3 is 0 Å². The lowest BCUT2D eigenvalue weighted by Crippen LogP contribution is -2.42. The molecule has 2 fully saturated rings. The Labute approximate surface area is 122 Å². The van der Waals surface area contributed by atoms with Crippen LogP contribution in [0, 0.1) is 5.41 Å². The first-order valence-corrected chi connectivity index (χ1v) is 7.77. The van der Waals surface area contributed by atoms with Crippen LogP contribution in [0.15, 0.2) is 0 Å². The molecule has 0 bridgehead atoms. The Morgan fingerprint density at radius 1 is 1.30 bits per heavy atom. The number of nitrogens with two attached hydrogens (primary N) is 1. The zero-order valence-corrected chi connectivity index (χ0v) is 13.0. The molecular weight excluding hydrogens is 254 g/mol. The van der Waals surface area contributed by atoms with Gasteiger partial charge in [0.05, 0.1) is 6.10 Å². The quantitative estimate of drug-likeness (QED) is 0.465. The van der Waals surface area contributed by atoms with Gasteiger partial charge in [-0.3, -0.25) is 10.2 Å². The van der Waals surface area contributed by atoms with Crippen molar-refractivity contribution in [3.8, 4) is 0 Å². The number of nitrogens with zero attached hydrogens (tertiary/aromatic N) is 1. The van der Waals surface area contributed by atoms with Gasteiger partial charge in [0.2, 0.25) is 0 Å². The highest BCUT2D eigenvalue weighted by atomic mass is 16.5. The van der Waals surface area contributed by atoms with E-state index in [1.54, 1.807) is 0 Å². The standard InChI is InChI=1S/C15H29N3O2/c1-15(2)8-6-11(7-9-15)18(3)10-12-4-5-13(20-12)14(19)17-16/h11-13H,4-10,16H2,1-3H3,(H,17,19). The van der Waals surface area contributed by atoms with Crippen molar-refractivity contribution < 1.29 is 9.53 Å². The SMILES string of the molecule is CN(CC1CCC(C(=O)NN)O1)C1CCC(C)(C)CC1. The van der Waals surface area contributed by atoms with Gasteiger partial charge in [-0.25, -0.2) is 5.84 Å². The maximum absolute atomic E-state index is 11.4. The van der Waals surface area contributed by atoms with E-state index in [1.165, 1.54) is 25.7 Å². The molecule has 0 aromatic rings. The minimum atomic E-state index is -0.358. The van der Waals surface area contributed by atoms with Crippen LogP contribution in [0.5, 0.6) is 0 Å². The zero-order chi connectivity index (χ0) is 14.8. The molecule has 3 N–H and O–H groups in total. The molecule has 1 heterocycles. The largest absolute Gasteiger partial charge is 0.364 e. The lowest BCUT2D eigenvalue weighted by atomic mass is 9.75. The first-order chi connectivity index (χ1) is 9.41. The van der Waals surface area contributed by atoms with Gasteiger partial charge in [0.25, 0.3) is 5.91 Å². The molecule has 5 nitrogen and oxygen atoms in total. The molecule has 0 radical (unpaired) electrons. The van der Waals surface area contributed by atoms with Gasteiger partial charge in [0.15, 0.2) is 0 Å². The molecule has 1 saturated carbocycles. The van der Waals surface area contributed by atoms with Gasteiger partial charge in [0, 0.05) is 12.6 Å². The molecule has 2 aliphatic rings. The second-order valence-corrected chi connectivity index (χ2v) is 7.17. The number of hydrogen-bond acceptors (Lipinski definition) is 4. The smallest absolute Gasteiger partial charge is 0.263 e. The third-order valence-electron chi connectivity index (χ3n) is 4.97. The summed E-state index contributed by atoms with van der Waals surface area (Å²) in [4.78, 5) is 13.9. The van der Waals surface area contributed by atoms with Gasteiger partial charge in [0.1, 0.15) is 6.10 Å². The van der Waals surface area contributed by atoms with Gasteiger partial charge in [-0.2, -0.15) is 0 Å². The zero-order valence-electron chi connectivity index (χ0n) is 13.0. The number of hydrogen-bond donors (Lipinski definition) is 2. The van der Waals surface area contributed by atoms with Crippen LogP contribution in [-0.2, 0) is 9.53 Å². The van der Waals surface area contributed by atoms with Crippen LogP contribution in [-0.4, -0.2) is 42.6 Å². The Morgan fingerprint density at radius 3 is 2.55 bits per heavy atom. The maximum atomic E-state index is 11.4. The Balaban J connectivity index is 1.76. The fraction of sp³-hybridized carbons (Fsp3) is 0.933. The van der Waals surface area contributed by atoms with Crippen molar-refractivity contribution in [1.29, 1.82) is 0 Å². The minimum absolute atomic E-state index is 0.164. The maximum Gasteiger partial charge on any atom is 0.263 e. The molecule has 1 aliphatic heterocycles. The molecule has 2 rings (SSSR count). The summed E-state index contributed by atoms with van der Waals surface area (Å²) in [7, 11) is 2.18. The predicted molar refractivity (Wildman–Crippen MR) is 78.9 cm³/mol. The van der Waals surface area contributed by atoms with Crippen molar-refractivity contribution in [2.45, 2.75) is 70.6 Å². The first-order valence-electron chi connectivity index (χ1n) is 7.77. The van der Waals surface area contributed by atoms with E-state index >= 15 is 0 Å². The molecule has 20 heavy (non-hydrogen) atoms. The van der Waals surface area contributed by atoms with E-state index in [0.29, 0.717) is 11.5 Å². The van der Waals surface area contributed by atoms with Crippen LogP contribution < -0.4 is 11.3 Å². The highest BCUT2D eigenvalue weighted by Crippen LogP contribution is 2.36. The number of amides is 1.